The van der Waals surface area contributed by atoms with Gasteiger partial charge in [0, 0.05) is 12.1 Å². The van der Waals surface area contributed by atoms with Crippen LogP contribution in [0.25, 0.3) is 0 Å². The highest BCUT2D eigenvalue weighted by molar-refractivity contribution is 5.96. The lowest BCUT2D eigenvalue weighted by molar-refractivity contribution is -0.126. The van der Waals surface area contributed by atoms with Crippen LogP contribution in [0.4, 0.5) is 0 Å². The summed E-state index contributed by atoms with van der Waals surface area (Å²) in [6.45, 7) is 2.02. The van der Waals surface area contributed by atoms with E-state index in [1.165, 1.54) is 6.26 Å². The Morgan fingerprint density at radius 2 is 1.78 bits per heavy atom. The first-order valence-corrected chi connectivity index (χ1v) is 9.86. The number of furan rings is 1. The third kappa shape index (κ3) is 3.92. The zero-order chi connectivity index (χ0) is 18.8. The number of carbonyl (C=O) groups is 2. The highest BCUT2D eigenvalue weighted by Gasteiger charge is 2.42. The highest BCUT2D eigenvalue weighted by Crippen LogP contribution is 2.36. The first-order chi connectivity index (χ1) is 13.1. The van der Waals surface area contributed by atoms with Crippen LogP contribution >= 0.6 is 0 Å². The molecular weight excluding hydrogens is 340 g/mol. The summed E-state index contributed by atoms with van der Waals surface area (Å²) < 4.78 is 5.35. The number of nitrogens with zero attached hydrogens (tertiary/aromatic N) is 1. The standard InChI is InChI=1S/C22H26N2O3/c1-15-8-10-16(11-9-15)20(21(25)23-17-5-2-3-6-17)24(18-12-13-18)22(26)19-7-4-14-27-19/h4,7-11,14,17-18,20H,2-3,5-6,12-13H2,1H3,(H,23,25)/t20-/m1/s1. The maximum Gasteiger partial charge on any atom is 0.290 e. The van der Waals surface area contributed by atoms with E-state index in [1.807, 2.05) is 31.2 Å². The lowest BCUT2D eigenvalue weighted by Gasteiger charge is -2.32. The summed E-state index contributed by atoms with van der Waals surface area (Å²) in [6.07, 6.45) is 7.67. The van der Waals surface area contributed by atoms with Crippen molar-refractivity contribution in [3.05, 3.63) is 59.5 Å². The monoisotopic (exact) mass is 366 g/mol. The van der Waals surface area contributed by atoms with Crippen molar-refractivity contribution in [3.8, 4) is 0 Å². The third-order valence-corrected chi connectivity index (χ3v) is 5.53. The fourth-order valence-corrected chi connectivity index (χ4v) is 3.91. The van der Waals surface area contributed by atoms with E-state index in [0.29, 0.717) is 0 Å². The van der Waals surface area contributed by atoms with Gasteiger partial charge in [-0.3, -0.25) is 9.59 Å². The van der Waals surface area contributed by atoms with Crippen LogP contribution in [0.3, 0.4) is 0 Å². The van der Waals surface area contributed by atoms with E-state index in [9.17, 15) is 9.59 Å². The minimum Gasteiger partial charge on any atom is -0.459 e. The Labute approximate surface area is 159 Å². The highest BCUT2D eigenvalue weighted by atomic mass is 16.3. The van der Waals surface area contributed by atoms with Gasteiger partial charge in [0.25, 0.3) is 5.91 Å². The van der Waals surface area contributed by atoms with Crippen molar-refractivity contribution in [3.63, 3.8) is 0 Å². The van der Waals surface area contributed by atoms with Crippen LogP contribution in [-0.4, -0.2) is 28.8 Å². The molecular formula is C22H26N2O3. The Morgan fingerprint density at radius 3 is 2.37 bits per heavy atom. The van der Waals surface area contributed by atoms with Gasteiger partial charge in [-0.05, 0) is 50.3 Å². The lowest BCUT2D eigenvalue weighted by atomic mass is 10.0. The summed E-state index contributed by atoms with van der Waals surface area (Å²) in [4.78, 5) is 28.2. The molecule has 1 aromatic carbocycles. The van der Waals surface area contributed by atoms with Crippen LogP contribution in [0.2, 0.25) is 0 Å². The summed E-state index contributed by atoms with van der Waals surface area (Å²) in [5.74, 6) is -0.0140. The molecule has 27 heavy (non-hydrogen) atoms. The molecule has 2 aliphatic rings. The first kappa shape index (κ1) is 17.8. The van der Waals surface area contributed by atoms with E-state index in [0.717, 1.165) is 49.7 Å². The van der Waals surface area contributed by atoms with Crippen molar-refractivity contribution in [1.29, 1.82) is 0 Å². The number of rotatable bonds is 6. The molecule has 0 spiro atoms. The summed E-state index contributed by atoms with van der Waals surface area (Å²) in [7, 11) is 0. The molecule has 1 aromatic heterocycles. The number of benzene rings is 1. The third-order valence-electron chi connectivity index (χ3n) is 5.53. The average Bonchev–Trinajstić information content (AvgIpc) is 3.11. The Morgan fingerprint density at radius 1 is 1.07 bits per heavy atom. The zero-order valence-corrected chi connectivity index (χ0v) is 15.7. The van der Waals surface area contributed by atoms with E-state index in [2.05, 4.69) is 5.32 Å². The molecule has 0 unspecified atom stereocenters. The van der Waals surface area contributed by atoms with Crippen molar-refractivity contribution >= 4 is 11.8 Å². The molecule has 1 heterocycles. The summed E-state index contributed by atoms with van der Waals surface area (Å²) in [5, 5.41) is 3.19. The van der Waals surface area contributed by atoms with Gasteiger partial charge < -0.3 is 14.6 Å². The van der Waals surface area contributed by atoms with E-state index in [1.54, 1.807) is 17.0 Å². The molecule has 0 radical (unpaired) electrons. The van der Waals surface area contributed by atoms with Gasteiger partial charge in [-0.2, -0.15) is 0 Å². The minimum atomic E-state index is -0.628. The van der Waals surface area contributed by atoms with E-state index in [-0.39, 0.29) is 29.7 Å². The summed E-state index contributed by atoms with van der Waals surface area (Å²) >= 11 is 0. The molecule has 2 aromatic rings. The first-order valence-electron chi connectivity index (χ1n) is 9.86. The predicted octanol–water partition coefficient (Wildman–Crippen LogP) is 3.99. The van der Waals surface area contributed by atoms with Crippen molar-refractivity contribution < 1.29 is 14.0 Å². The van der Waals surface area contributed by atoms with Gasteiger partial charge in [-0.15, -0.1) is 0 Å². The van der Waals surface area contributed by atoms with Crippen LogP contribution in [0.15, 0.2) is 47.1 Å². The van der Waals surface area contributed by atoms with E-state index in [4.69, 9.17) is 4.42 Å². The second kappa shape index (κ2) is 7.59. The number of hydrogen-bond acceptors (Lipinski definition) is 3. The van der Waals surface area contributed by atoms with Crippen LogP contribution in [0.1, 0.15) is 66.2 Å². The van der Waals surface area contributed by atoms with Crippen molar-refractivity contribution in [2.24, 2.45) is 0 Å². The normalized spacial score (nSPS) is 18.3. The molecule has 5 nitrogen and oxygen atoms in total. The smallest absolute Gasteiger partial charge is 0.290 e. The summed E-state index contributed by atoms with van der Waals surface area (Å²) in [6, 6.07) is 10.9. The maximum absolute atomic E-state index is 13.3. The Hall–Kier alpha value is -2.56. The molecule has 5 heteroatoms. The Bertz CT molecular complexity index is 787. The predicted molar refractivity (Wildman–Crippen MR) is 102 cm³/mol. The number of amides is 2. The maximum atomic E-state index is 13.3. The van der Waals surface area contributed by atoms with Gasteiger partial charge in [0.15, 0.2) is 5.76 Å². The second-order valence-electron chi connectivity index (χ2n) is 7.72. The molecule has 0 bridgehead atoms. The molecule has 142 valence electrons. The average molecular weight is 366 g/mol. The largest absolute Gasteiger partial charge is 0.459 e. The molecule has 4 rings (SSSR count). The zero-order valence-electron chi connectivity index (χ0n) is 15.7. The van der Waals surface area contributed by atoms with Crippen LogP contribution in [-0.2, 0) is 4.79 Å². The molecule has 1 N–H and O–H groups in total. The molecule has 2 aliphatic carbocycles. The van der Waals surface area contributed by atoms with E-state index >= 15 is 0 Å². The minimum absolute atomic E-state index is 0.0856. The Balaban J connectivity index is 1.67. The molecule has 2 fully saturated rings. The molecule has 0 saturated heterocycles. The molecule has 0 aliphatic heterocycles. The molecule has 2 amide bonds. The van der Waals surface area contributed by atoms with Gasteiger partial charge in [-0.25, -0.2) is 0 Å². The SMILES string of the molecule is Cc1ccc([C@H](C(=O)NC2CCCC2)N(C(=O)c2ccco2)C2CC2)cc1. The number of aryl methyl sites for hydroxylation is 1. The topological polar surface area (TPSA) is 62.6 Å². The van der Waals surface area contributed by atoms with Crippen LogP contribution in [0, 0.1) is 6.92 Å². The van der Waals surface area contributed by atoms with Gasteiger partial charge in [0.05, 0.1) is 6.26 Å². The van der Waals surface area contributed by atoms with Crippen LogP contribution < -0.4 is 5.32 Å². The summed E-state index contributed by atoms with van der Waals surface area (Å²) in [5.41, 5.74) is 1.98. The van der Waals surface area contributed by atoms with Gasteiger partial charge in [0.2, 0.25) is 5.91 Å². The molecule has 2 saturated carbocycles. The van der Waals surface area contributed by atoms with Crippen molar-refractivity contribution in [2.45, 2.75) is 63.6 Å². The second-order valence-corrected chi connectivity index (χ2v) is 7.72. The number of nitrogens with one attached hydrogen (secondary N) is 1. The quantitative estimate of drug-likeness (QED) is 0.841. The van der Waals surface area contributed by atoms with Crippen LogP contribution in [0.5, 0.6) is 0 Å². The van der Waals surface area contributed by atoms with E-state index < -0.39 is 6.04 Å². The number of carbonyl (C=O) groups excluding carboxylic acids is 2. The fourth-order valence-electron chi connectivity index (χ4n) is 3.91. The fraction of sp³-hybridized carbons (Fsp3) is 0.455. The van der Waals surface area contributed by atoms with Gasteiger partial charge >= 0.3 is 0 Å². The lowest BCUT2D eigenvalue weighted by Crippen LogP contribution is -2.47. The number of hydrogen-bond donors (Lipinski definition) is 1. The van der Waals surface area contributed by atoms with Gasteiger partial charge in [-0.1, -0.05) is 42.7 Å². The van der Waals surface area contributed by atoms with Gasteiger partial charge in [0.1, 0.15) is 6.04 Å². The van der Waals surface area contributed by atoms with Crippen molar-refractivity contribution in [1.82, 2.24) is 10.2 Å². The van der Waals surface area contributed by atoms with Crippen molar-refractivity contribution in [2.75, 3.05) is 0 Å². The Kier molecular flexibility index (Phi) is 5.01. The molecule has 1 atom stereocenters.